The lowest BCUT2D eigenvalue weighted by Crippen LogP contribution is -2.47. The highest BCUT2D eigenvalue weighted by Gasteiger charge is 2.29. The van der Waals surface area contributed by atoms with Crippen molar-refractivity contribution < 1.29 is 18.0 Å². The number of hydrogen-bond donors (Lipinski definition) is 1. The van der Waals surface area contributed by atoms with Crippen LogP contribution in [0.5, 0.6) is 0 Å². The molecular weight excluding hydrogens is 307 g/mol. The van der Waals surface area contributed by atoms with Gasteiger partial charge in [0.2, 0.25) is 5.91 Å². The molecule has 0 spiro atoms. The summed E-state index contributed by atoms with van der Waals surface area (Å²) in [4.78, 5) is 16.4. The number of amides is 1. The van der Waals surface area contributed by atoms with E-state index in [2.05, 4.69) is 22.2 Å². The molecule has 1 aliphatic rings. The summed E-state index contributed by atoms with van der Waals surface area (Å²) in [5, 5.41) is 2.82. The van der Waals surface area contributed by atoms with Crippen molar-refractivity contribution in [3.05, 3.63) is 35.4 Å². The van der Waals surface area contributed by atoms with Crippen LogP contribution in [0.15, 0.2) is 24.3 Å². The summed E-state index contributed by atoms with van der Waals surface area (Å²) in [6, 6.07) is 4.71. The molecule has 1 aromatic rings. The van der Waals surface area contributed by atoms with Crippen molar-refractivity contribution in [1.29, 1.82) is 0 Å². The van der Waals surface area contributed by atoms with Crippen molar-refractivity contribution in [3.63, 3.8) is 0 Å². The molecule has 1 saturated heterocycles. The molecule has 1 N–H and O–H groups in total. The van der Waals surface area contributed by atoms with Crippen molar-refractivity contribution in [2.24, 2.45) is 0 Å². The first-order valence-corrected chi connectivity index (χ1v) is 7.68. The fourth-order valence-corrected chi connectivity index (χ4v) is 2.48. The maximum Gasteiger partial charge on any atom is 0.416 e. The Bertz CT molecular complexity index is 508. The van der Waals surface area contributed by atoms with E-state index < -0.39 is 11.7 Å². The van der Waals surface area contributed by atoms with Gasteiger partial charge in [-0.15, -0.1) is 0 Å². The number of nitrogens with zero attached hydrogens (tertiary/aromatic N) is 2. The number of piperazine rings is 1. The molecular formula is C16H22F3N3O. The average molecular weight is 329 g/mol. The van der Waals surface area contributed by atoms with E-state index >= 15 is 0 Å². The maximum atomic E-state index is 12.5. The summed E-state index contributed by atoms with van der Waals surface area (Å²) < 4.78 is 37.4. The highest BCUT2D eigenvalue weighted by molar-refractivity contribution is 5.78. The predicted octanol–water partition coefficient (Wildman–Crippen LogP) is 1.61. The summed E-state index contributed by atoms with van der Waals surface area (Å²) in [6.07, 6.45) is -4.25. The van der Waals surface area contributed by atoms with Crippen LogP contribution in [0, 0.1) is 0 Å². The van der Waals surface area contributed by atoms with Crippen LogP contribution in [0.2, 0.25) is 0 Å². The number of benzene rings is 1. The molecule has 2 rings (SSSR count). The SMILES string of the molecule is CN1CCN(CCNC(=O)Cc2ccc(C(F)(F)F)cc2)CC1. The van der Waals surface area contributed by atoms with Gasteiger partial charge in [-0.25, -0.2) is 0 Å². The van der Waals surface area contributed by atoms with Gasteiger partial charge in [-0.05, 0) is 24.7 Å². The molecule has 1 aromatic carbocycles. The summed E-state index contributed by atoms with van der Waals surface area (Å²) in [6.45, 7) is 5.39. The topological polar surface area (TPSA) is 35.6 Å². The molecule has 7 heteroatoms. The van der Waals surface area contributed by atoms with Crippen LogP contribution in [0.1, 0.15) is 11.1 Å². The van der Waals surface area contributed by atoms with E-state index in [1.165, 1.54) is 12.1 Å². The summed E-state index contributed by atoms with van der Waals surface area (Å²) in [5.74, 6) is -0.168. The number of carbonyl (C=O) groups excluding carboxylic acids is 1. The highest BCUT2D eigenvalue weighted by atomic mass is 19.4. The van der Waals surface area contributed by atoms with Gasteiger partial charge >= 0.3 is 6.18 Å². The molecule has 128 valence electrons. The third-order valence-corrected chi connectivity index (χ3v) is 3.99. The van der Waals surface area contributed by atoms with E-state index in [9.17, 15) is 18.0 Å². The number of likely N-dealkylation sites (N-methyl/N-ethyl adjacent to an activating group) is 1. The lowest BCUT2D eigenvalue weighted by Gasteiger charge is -2.32. The molecule has 4 nitrogen and oxygen atoms in total. The largest absolute Gasteiger partial charge is 0.416 e. The summed E-state index contributed by atoms with van der Waals surface area (Å²) in [7, 11) is 2.09. The van der Waals surface area contributed by atoms with E-state index in [0.717, 1.165) is 44.9 Å². The first-order valence-electron chi connectivity index (χ1n) is 7.68. The van der Waals surface area contributed by atoms with Crippen LogP contribution >= 0.6 is 0 Å². The zero-order valence-corrected chi connectivity index (χ0v) is 13.2. The van der Waals surface area contributed by atoms with Gasteiger partial charge in [0.05, 0.1) is 12.0 Å². The Morgan fingerprint density at radius 1 is 1.13 bits per heavy atom. The normalized spacial score (nSPS) is 17.2. The Balaban J connectivity index is 1.70. The smallest absolute Gasteiger partial charge is 0.355 e. The predicted molar refractivity (Wildman–Crippen MR) is 82.1 cm³/mol. The molecule has 1 aliphatic heterocycles. The van der Waals surface area contributed by atoms with Crippen LogP contribution in [0.25, 0.3) is 0 Å². The molecule has 1 heterocycles. The average Bonchev–Trinajstić information content (AvgIpc) is 2.49. The van der Waals surface area contributed by atoms with Crippen molar-refractivity contribution in [3.8, 4) is 0 Å². The molecule has 23 heavy (non-hydrogen) atoms. The summed E-state index contributed by atoms with van der Waals surface area (Å²) in [5.41, 5.74) is -0.119. The van der Waals surface area contributed by atoms with Crippen molar-refractivity contribution in [2.75, 3.05) is 46.3 Å². The fourth-order valence-electron chi connectivity index (χ4n) is 2.48. The van der Waals surface area contributed by atoms with Gasteiger partial charge in [0, 0.05) is 39.3 Å². The lowest BCUT2D eigenvalue weighted by molar-refractivity contribution is -0.137. The first kappa shape index (κ1) is 17.7. The molecule has 0 saturated carbocycles. The second-order valence-corrected chi connectivity index (χ2v) is 5.87. The fraction of sp³-hybridized carbons (Fsp3) is 0.562. The second kappa shape index (κ2) is 7.79. The number of nitrogens with one attached hydrogen (secondary N) is 1. The minimum absolute atomic E-state index is 0.0981. The van der Waals surface area contributed by atoms with E-state index in [1.807, 2.05) is 0 Å². The second-order valence-electron chi connectivity index (χ2n) is 5.87. The zero-order chi connectivity index (χ0) is 16.9. The van der Waals surface area contributed by atoms with Gasteiger partial charge in [-0.2, -0.15) is 13.2 Å². The minimum atomic E-state index is -4.34. The van der Waals surface area contributed by atoms with Crippen LogP contribution in [0.4, 0.5) is 13.2 Å². The molecule has 1 fully saturated rings. The van der Waals surface area contributed by atoms with Gasteiger partial charge in [-0.1, -0.05) is 12.1 Å². The van der Waals surface area contributed by atoms with Gasteiger partial charge < -0.3 is 10.2 Å². The van der Waals surface area contributed by atoms with E-state index in [-0.39, 0.29) is 12.3 Å². The zero-order valence-electron chi connectivity index (χ0n) is 13.2. The van der Waals surface area contributed by atoms with Crippen molar-refractivity contribution >= 4 is 5.91 Å². The van der Waals surface area contributed by atoms with Crippen LogP contribution in [-0.4, -0.2) is 62.0 Å². The highest BCUT2D eigenvalue weighted by Crippen LogP contribution is 2.29. The van der Waals surface area contributed by atoms with E-state index in [1.54, 1.807) is 0 Å². The number of hydrogen-bond acceptors (Lipinski definition) is 3. The maximum absolute atomic E-state index is 12.5. The Morgan fingerprint density at radius 3 is 2.30 bits per heavy atom. The summed E-state index contributed by atoms with van der Waals surface area (Å²) >= 11 is 0. The molecule has 0 atom stereocenters. The molecule has 0 bridgehead atoms. The van der Waals surface area contributed by atoms with Gasteiger partial charge in [0.15, 0.2) is 0 Å². The first-order chi connectivity index (χ1) is 10.8. The Labute approximate surface area is 134 Å². The van der Waals surface area contributed by atoms with E-state index in [0.29, 0.717) is 12.1 Å². The quantitative estimate of drug-likeness (QED) is 0.892. The minimum Gasteiger partial charge on any atom is -0.355 e. The third kappa shape index (κ3) is 5.84. The third-order valence-electron chi connectivity index (χ3n) is 3.99. The van der Waals surface area contributed by atoms with Crippen molar-refractivity contribution in [2.45, 2.75) is 12.6 Å². The lowest BCUT2D eigenvalue weighted by atomic mass is 10.1. The van der Waals surface area contributed by atoms with E-state index in [4.69, 9.17) is 0 Å². The van der Waals surface area contributed by atoms with Crippen LogP contribution < -0.4 is 5.32 Å². The van der Waals surface area contributed by atoms with Gasteiger partial charge in [0.25, 0.3) is 0 Å². The standard InChI is InChI=1S/C16H22F3N3O/c1-21-8-10-22(11-9-21)7-6-20-15(23)12-13-2-4-14(5-3-13)16(17,18)19/h2-5H,6-12H2,1H3,(H,20,23). The molecule has 0 aromatic heterocycles. The Kier molecular flexibility index (Phi) is 6.01. The monoisotopic (exact) mass is 329 g/mol. The van der Waals surface area contributed by atoms with Crippen molar-refractivity contribution in [1.82, 2.24) is 15.1 Å². The number of alkyl halides is 3. The number of rotatable bonds is 5. The van der Waals surface area contributed by atoms with Gasteiger partial charge in [-0.3, -0.25) is 9.69 Å². The molecule has 0 unspecified atom stereocenters. The van der Waals surface area contributed by atoms with Crippen LogP contribution in [0.3, 0.4) is 0 Å². The molecule has 0 aliphatic carbocycles. The number of halogens is 3. The Morgan fingerprint density at radius 2 is 1.74 bits per heavy atom. The number of carbonyl (C=O) groups is 1. The Hall–Kier alpha value is -1.60. The molecule has 1 amide bonds. The van der Waals surface area contributed by atoms with Crippen LogP contribution in [-0.2, 0) is 17.4 Å². The molecule has 0 radical (unpaired) electrons. The van der Waals surface area contributed by atoms with Gasteiger partial charge in [0.1, 0.15) is 0 Å².